The number of aliphatic hydroxyl groups is 2. The third-order valence-corrected chi connectivity index (χ3v) is 2.17. The van der Waals surface area contributed by atoms with E-state index in [1.54, 1.807) is 12.2 Å². The van der Waals surface area contributed by atoms with E-state index >= 15 is 0 Å². The highest BCUT2D eigenvalue weighted by Gasteiger charge is 2.22. The molecule has 0 aromatic heterocycles. The number of aliphatic hydroxyl groups excluding tert-OH is 1. The maximum Gasteiger partial charge on any atom is 0.213 e. The lowest BCUT2D eigenvalue weighted by Crippen LogP contribution is -2.42. The molecule has 0 bridgehead atoms. The van der Waals surface area contributed by atoms with Gasteiger partial charge in [-0.1, -0.05) is 36.4 Å². The number of nitrogens with one attached hydrogen (secondary N) is 1. The van der Waals surface area contributed by atoms with Crippen LogP contribution >= 0.6 is 0 Å². The van der Waals surface area contributed by atoms with Crippen LogP contribution in [0.15, 0.2) is 53.4 Å². The molecule has 0 saturated heterocycles. The number of aliphatic imine (C=N–C) groups is 1. The Balaban J connectivity index is 2.16. The quantitative estimate of drug-likeness (QED) is 0.700. The van der Waals surface area contributed by atoms with Gasteiger partial charge >= 0.3 is 0 Å². The van der Waals surface area contributed by atoms with Gasteiger partial charge in [-0.3, -0.25) is 0 Å². The van der Waals surface area contributed by atoms with E-state index in [1.165, 1.54) is 12.4 Å². The molecule has 0 spiro atoms. The largest absolute Gasteiger partial charge is 0.493 e. The molecule has 3 N–H and O–H groups in total. The first-order chi connectivity index (χ1) is 7.68. The molecule has 82 valence electrons. The highest BCUT2D eigenvalue weighted by atomic mass is 16.3. The lowest BCUT2D eigenvalue weighted by atomic mass is 10.1. The van der Waals surface area contributed by atoms with E-state index < -0.39 is 5.72 Å². The van der Waals surface area contributed by atoms with Gasteiger partial charge in [0, 0.05) is 6.08 Å². The van der Waals surface area contributed by atoms with E-state index in [-0.39, 0.29) is 5.88 Å². The highest BCUT2D eigenvalue weighted by Crippen LogP contribution is 2.13. The first-order valence-electron chi connectivity index (χ1n) is 4.87. The molecule has 0 saturated carbocycles. The Labute approximate surface area is 93.3 Å². The minimum Gasteiger partial charge on any atom is -0.493 e. The zero-order chi connectivity index (χ0) is 11.4. The fourth-order valence-electron chi connectivity index (χ4n) is 1.36. The first-order valence-corrected chi connectivity index (χ1v) is 4.87. The number of nitrogens with zero attached hydrogens (tertiary/aromatic N) is 1. The van der Waals surface area contributed by atoms with Gasteiger partial charge in [-0.2, -0.15) is 0 Å². The molecule has 1 unspecified atom stereocenters. The van der Waals surface area contributed by atoms with Crippen molar-refractivity contribution < 1.29 is 10.2 Å². The Morgan fingerprint density at radius 3 is 2.69 bits per heavy atom. The summed E-state index contributed by atoms with van der Waals surface area (Å²) >= 11 is 0. The van der Waals surface area contributed by atoms with Gasteiger partial charge in [0.25, 0.3) is 0 Å². The summed E-state index contributed by atoms with van der Waals surface area (Å²) in [5, 5.41) is 21.8. The Bertz CT molecular complexity index is 451. The fraction of sp³-hybridized carbons (Fsp3) is 0.0833. The molecule has 0 fully saturated rings. The van der Waals surface area contributed by atoms with Gasteiger partial charge < -0.3 is 15.5 Å². The lowest BCUT2D eigenvalue weighted by Gasteiger charge is -2.22. The molecule has 1 atom stereocenters. The molecule has 4 nitrogen and oxygen atoms in total. The summed E-state index contributed by atoms with van der Waals surface area (Å²) in [5.74, 6) is -0.209. The van der Waals surface area contributed by atoms with Crippen molar-refractivity contribution in [2.45, 2.75) is 5.72 Å². The Morgan fingerprint density at radius 2 is 2.00 bits per heavy atom. The van der Waals surface area contributed by atoms with Crippen LogP contribution in [0, 0.1) is 0 Å². The van der Waals surface area contributed by atoms with Gasteiger partial charge in [-0.25, -0.2) is 4.99 Å². The van der Waals surface area contributed by atoms with Crippen LogP contribution in [0.25, 0.3) is 6.08 Å². The maximum atomic E-state index is 9.98. The molecule has 0 amide bonds. The highest BCUT2D eigenvalue weighted by molar-refractivity contribution is 5.62. The normalized spacial score (nSPS) is 24.2. The second-order valence-corrected chi connectivity index (χ2v) is 3.47. The summed E-state index contributed by atoms with van der Waals surface area (Å²) in [6, 6.07) is 9.57. The molecule has 0 radical (unpaired) electrons. The molecule has 1 aromatic carbocycles. The molecule has 1 aliphatic rings. The van der Waals surface area contributed by atoms with Crippen molar-refractivity contribution in [1.82, 2.24) is 5.32 Å². The average molecular weight is 216 g/mol. The number of hydrogen-bond acceptors (Lipinski definition) is 4. The standard InChI is InChI=1S/C12H12N2O2/c15-11-8-12(16,14-9-13-11)7-6-10-4-2-1-3-5-10/h1-9,15-16H,(H,13,14). The van der Waals surface area contributed by atoms with Crippen LogP contribution in [-0.4, -0.2) is 22.3 Å². The summed E-state index contributed by atoms with van der Waals surface area (Å²) < 4.78 is 0. The summed E-state index contributed by atoms with van der Waals surface area (Å²) in [4.78, 5) is 3.57. The smallest absolute Gasteiger partial charge is 0.213 e. The van der Waals surface area contributed by atoms with Gasteiger partial charge in [-0.15, -0.1) is 0 Å². The van der Waals surface area contributed by atoms with Crippen LogP contribution in [0.1, 0.15) is 5.56 Å². The molecule has 1 aromatic rings. The monoisotopic (exact) mass is 216 g/mol. The summed E-state index contributed by atoms with van der Waals surface area (Å²) in [5.41, 5.74) is -0.421. The third-order valence-electron chi connectivity index (χ3n) is 2.17. The predicted octanol–water partition coefficient (Wildman–Crippen LogP) is 1.42. The Morgan fingerprint density at radius 1 is 1.25 bits per heavy atom. The second kappa shape index (κ2) is 4.20. The van der Waals surface area contributed by atoms with E-state index in [0.717, 1.165) is 5.56 Å². The van der Waals surface area contributed by atoms with E-state index in [1.807, 2.05) is 30.3 Å². The van der Waals surface area contributed by atoms with Gasteiger partial charge in [-0.05, 0) is 11.6 Å². The van der Waals surface area contributed by atoms with Gasteiger partial charge in [0.05, 0.1) is 6.34 Å². The molecule has 0 aliphatic carbocycles. The topological polar surface area (TPSA) is 64.8 Å². The summed E-state index contributed by atoms with van der Waals surface area (Å²) in [7, 11) is 0. The van der Waals surface area contributed by atoms with Gasteiger partial charge in [0.15, 0.2) is 5.72 Å². The lowest BCUT2D eigenvalue weighted by molar-refractivity contribution is 0.122. The van der Waals surface area contributed by atoms with Gasteiger partial charge in [0.2, 0.25) is 5.88 Å². The molecular weight excluding hydrogens is 204 g/mol. The number of rotatable bonds is 2. The molecule has 1 heterocycles. The summed E-state index contributed by atoms with van der Waals surface area (Å²) in [6.07, 6.45) is 5.79. The number of hydrogen-bond donors (Lipinski definition) is 3. The predicted molar refractivity (Wildman–Crippen MR) is 62.8 cm³/mol. The molecule has 2 rings (SSSR count). The van der Waals surface area contributed by atoms with Crippen LogP contribution in [-0.2, 0) is 0 Å². The van der Waals surface area contributed by atoms with Crippen molar-refractivity contribution in [3.63, 3.8) is 0 Å². The number of benzene rings is 1. The van der Waals surface area contributed by atoms with E-state index in [9.17, 15) is 10.2 Å². The van der Waals surface area contributed by atoms with Crippen LogP contribution in [0.2, 0.25) is 0 Å². The van der Waals surface area contributed by atoms with Gasteiger partial charge in [0.1, 0.15) is 0 Å². The zero-order valence-corrected chi connectivity index (χ0v) is 8.54. The summed E-state index contributed by atoms with van der Waals surface area (Å²) in [6.45, 7) is 0. The average Bonchev–Trinajstić information content (AvgIpc) is 2.28. The maximum absolute atomic E-state index is 9.98. The van der Waals surface area contributed by atoms with E-state index in [0.29, 0.717) is 0 Å². The molecular formula is C12H12N2O2. The fourth-order valence-corrected chi connectivity index (χ4v) is 1.36. The Kier molecular flexibility index (Phi) is 2.74. The molecule has 1 aliphatic heterocycles. The molecule has 4 heteroatoms. The van der Waals surface area contributed by atoms with Crippen LogP contribution < -0.4 is 5.32 Å². The molecule has 16 heavy (non-hydrogen) atoms. The van der Waals surface area contributed by atoms with E-state index in [2.05, 4.69) is 10.3 Å². The van der Waals surface area contributed by atoms with Crippen LogP contribution in [0.3, 0.4) is 0 Å². The minimum absolute atomic E-state index is 0.209. The van der Waals surface area contributed by atoms with Crippen molar-refractivity contribution >= 4 is 12.4 Å². The zero-order valence-electron chi connectivity index (χ0n) is 8.54. The van der Waals surface area contributed by atoms with Crippen molar-refractivity contribution in [3.8, 4) is 0 Å². The van der Waals surface area contributed by atoms with Crippen molar-refractivity contribution in [2.75, 3.05) is 0 Å². The van der Waals surface area contributed by atoms with E-state index in [4.69, 9.17) is 0 Å². The van der Waals surface area contributed by atoms with Crippen molar-refractivity contribution in [1.29, 1.82) is 0 Å². The minimum atomic E-state index is -1.39. The van der Waals surface area contributed by atoms with Crippen LogP contribution in [0.5, 0.6) is 0 Å². The van der Waals surface area contributed by atoms with Crippen LogP contribution in [0.4, 0.5) is 0 Å². The first kappa shape index (κ1) is 10.4. The SMILES string of the molecule is OC1=CC(O)(C=Cc2ccccc2)NC=N1. The third kappa shape index (κ3) is 2.49. The van der Waals surface area contributed by atoms with Crippen molar-refractivity contribution in [2.24, 2.45) is 4.99 Å². The Hall–Kier alpha value is -2.07. The second-order valence-electron chi connectivity index (χ2n) is 3.47. The van der Waals surface area contributed by atoms with Crippen molar-refractivity contribution in [3.05, 3.63) is 53.9 Å².